The highest BCUT2D eigenvalue weighted by Crippen LogP contribution is 2.34. The van der Waals surface area contributed by atoms with E-state index >= 15 is 0 Å². The summed E-state index contributed by atoms with van der Waals surface area (Å²) in [6.45, 7) is 3.39. The van der Waals surface area contributed by atoms with Crippen LogP contribution in [0.5, 0.6) is 5.75 Å². The van der Waals surface area contributed by atoms with Gasteiger partial charge in [-0.05, 0) is 104 Å². The summed E-state index contributed by atoms with van der Waals surface area (Å²) >= 11 is 0. The van der Waals surface area contributed by atoms with Crippen LogP contribution in [0.3, 0.4) is 0 Å². The fourth-order valence-electron chi connectivity index (χ4n) is 4.89. The second-order valence-corrected chi connectivity index (χ2v) is 10.00. The molecule has 9 heteroatoms. The molecule has 0 atom stereocenters. The molecule has 0 aliphatic carbocycles. The molecule has 0 unspecified atom stereocenters. The van der Waals surface area contributed by atoms with E-state index in [-0.39, 0.29) is 5.91 Å². The van der Waals surface area contributed by atoms with Crippen LogP contribution in [0.25, 0.3) is 11.1 Å². The second-order valence-electron chi connectivity index (χ2n) is 10.00. The normalized spacial score (nSPS) is 13.7. The molecule has 1 aliphatic rings. The summed E-state index contributed by atoms with van der Waals surface area (Å²) in [6, 6.07) is 21.3. The Morgan fingerprint density at radius 3 is 2.44 bits per heavy atom. The van der Waals surface area contributed by atoms with Crippen LogP contribution >= 0.6 is 0 Å². The smallest absolute Gasteiger partial charge is 0.416 e. The number of rotatable bonds is 9. The number of anilines is 3. The van der Waals surface area contributed by atoms with Crippen molar-refractivity contribution < 1.29 is 22.7 Å². The van der Waals surface area contributed by atoms with E-state index in [1.54, 1.807) is 36.4 Å². The van der Waals surface area contributed by atoms with Gasteiger partial charge in [-0.25, -0.2) is 4.98 Å². The van der Waals surface area contributed by atoms with Gasteiger partial charge < -0.3 is 20.3 Å². The molecule has 2 heterocycles. The predicted octanol–water partition coefficient (Wildman–Crippen LogP) is 7.41. The molecule has 0 radical (unpaired) electrons. The molecular formula is C32H31F3N4O2. The molecule has 2 N–H and O–H groups in total. The molecular weight excluding hydrogens is 529 g/mol. The number of aromatic nitrogens is 1. The third-order valence-corrected chi connectivity index (χ3v) is 7.13. The summed E-state index contributed by atoms with van der Waals surface area (Å²) in [5.41, 5.74) is 3.06. The van der Waals surface area contributed by atoms with Crippen molar-refractivity contribution in [2.75, 3.05) is 37.4 Å². The lowest BCUT2D eigenvalue weighted by molar-refractivity contribution is -0.137. The van der Waals surface area contributed by atoms with Gasteiger partial charge in [-0.2, -0.15) is 13.2 Å². The predicted molar refractivity (Wildman–Crippen MR) is 155 cm³/mol. The third kappa shape index (κ3) is 7.24. The van der Waals surface area contributed by atoms with Crippen molar-refractivity contribution in [2.45, 2.75) is 25.4 Å². The minimum atomic E-state index is -4.44. The highest BCUT2D eigenvalue weighted by molar-refractivity contribution is 6.05. The van der Waals surface area contributed by atoms with Crippen LogP contribution in [0, 0.1) is 0 Å². The Morgan fingerprint density at radius 1 is 0.951 bits per heavy atom. The van der Waals surface area contributed by atoms with Gasteiger partial charge in [-0.3, -0.25) is 4.79 Å². The number of nitrogens with zero attached hydrogens (tertiary/aromatic N) is 2. The SMILES string of the molecule is COc1ccc(C(=O)Nc2ccc(CCN3CCCC3)cc2)cc1Nc1cc(-c2cccc(C(F)(F)F)c2)ccn1. The fraction of sp³-hybridized carbons (Fsp3) is 0.250. The number of pyridine rings is 1. The van der Waals surface area contributed by atoms with Gasteiger partial charge in [-0.15, -0.1) is 0 Å². The average Bonchev–Trinajstić information content (AvgIpc) is 3.50. The number of carbonyl (C=O) groups excluding carboxylic acids is 1. The summed E-state index contributed by atoms with van der Waals surface area (Å²) in [5, 5.41) is 6.07. The number of benzene rings is 3. The van der Waals surface area contributed by atoms with Crippen LogP contribution < -0.4 is 15.4 Å². The first-order valence-corrected chi connectivity index (χ1v) is 13.5. The summed E-state index contributed by atoms with van der Waals surface area (Å²) in [5.74, 6) is 0.585. The van der Waals surface area contributed by atoms with Gasteiger partial charge in [0.2, 0.25) is 0 Å². The van der Waals surface area contributed by atoms with Crippen molar-refractivity contribution >= 4 is 23.1 Å². The molecule has 4 aromatic rings. The maximum Gasteiger partial charge on any atom is 0.416 e. The number of alkyl halides is 3. The van der Waals surface area contributed by atoms with Crippen LogP contribution in [-0.2, 0) is 12.6 Å². The van der Waals surface area contributed by atoms with Gasteiger partial charge >= 0.3 is 6.18 Å². The molecule has 5 rings (SSSR count). The van der Waals surface area contributed by atoms with Crippen molar-refractivity contribution in [3.63, 3.8) is 0 Å². The van der Waals surface area contributed by atoms with Crippen molar-refractivity contribution in [1.82, 2.24) is 9.88 Å². The molecule has 1 fully saturated rings. The first-order chi connectivity index (χ1) is 19.8. The Bertz CT molecular complexity index is 1500. The van der Waals surface area contributed by atoms with E-state index in [1.165, 1.54) is 50.9 Å². The summed E-state index contributed by atoms with van der Waals surface area (Å²) in [7, 11) is 1.51. The molecule has 6 nitrogen and oxygen atoms in total. The summed E-state index contributed by atoms with van der Waals surface area (Å²) in [6.07, 6.45) is 0.598. The number of amides is 1. The van der Waals surface area contributed by atoms with E-state index in [1.807, 2.05) is 24.3 Å². The molecule has 41 heavy (non-hydrogen) atoms. The van der Waals surface area contributed by atoms with Gasteiger partial charge in [0.05, 0.1) is 18.4 Å². The zero-order chi connectivity index (χ0) is 28.8. The highest BCUT2D eigenvalue weighted by atomic mass is 19.4. The quantitative estimate of drug-likeness (QED) is 0.223. The van der Waals surface area contributed by atoms with Crippen LogP contribution in [0.2, 0.25) is 0 Å². The first-order valence-electron chi connectivity index (χ1n) is 13.5. The Labute approximate surface area is 237 Å². The Kier molecular flexibility index (Phi) is 8.54. The number of likely N-dealkylation sites (tertiary alicyclic amines) is 1. The van der Waals surface area contributed by atoms with Crippen molar-refractivity contribution in [1.29, 1.82) is 0 Å². The van der Waals surface area contributed by atoms with Gasteiger partial charge in [0.1, 0.15) is 11.6 Å². The third-order valence-electron chi connectivity index (χ3n) is 7.13. The van der Waals surface area contributed by atoms with E-state index in [9.17, 15) is 18.0 Å². The van der Waals surface area contributed by atoms with E-state index in [0.29, 0.717) is 39.6 Å². The topological polar surface area (TPSA) is 66.5 Å². The largest absolute Gasteiger partial charge is 0.495 e. The Morgan fingerprint density at radius 2 is 1.71 bits per heavy atom. The second kappa shape index (κ2) is 12.4. The average molecular weight is 561 g/mol. The van der Waals surface area contributed by atoms with E-state index in [2.05, 4.69) is 20.5 Å². The minimum Gasteiger partial charge on any atom is -0.495 e. The maximum absolute atomic E-state index is 13.2. The zero-order valence-electron chi connectivity index (χ0n) is 22.7. The maximum atomic E-state index is 13.2. The number of methoxy groups -OCH3 is 1. The molecule has 1 amide bonds. The standard InChI is InChI=1S/C32H31F3N4O2/c1-41-29-12-9-25(31(40)37-27-10-7-22(8-11-27)14-18-39-16-2-3-17-39)20-28(29)38-30-21-24(13-15-36-30)23-5-4-6-26(19-23)32(33,34)35/h4-13,15,19-21H,2-3,14,16-18H2,1H3,(H,36,38)(H,37,40). The molecule has 1 aliphatic heterocycles. The zero-order valence-corrected chi connectivity index (χ0v) is 22.7. The summed E-state index contributed by atoms with van der Waals surface area (Å²) in [4.78, 5) is 19.8. The van der Waals surface area contributed by atoms with E-state index in [4.69, 9.17) is 4.74 Å². The lowest BCUT2D eigenvalue weighted by atomic mass is 10.0. The van der Waals surface area contributed by atoms with Crippen LogP contribution in [0.4, 0.5) is 30.4 Å². The van der Waals surface area contributed by atoms with Crippen molar-refractivity contribution in [3.8, 4) is 16.9 Å². The monoisotopic (exact) mass is 560 g/mol. The lowest BCUT2D eigenvalue weighted by Crippen LogP contribution is -2.21. The number of hydrogen-bond acceptors (Lipinski definition) is 5. The highest BCUT2D eigenvalue weighted by Gasteiger charge is 2.30. The summed E-state index contributed by atoms with van der Waals surface area (Å²) < 4.78 is 45.1. The van der Waals surface area contributed by atoms with Gasteiger partial charge in [0, 0.05) is 24.0 Å². The van der Waals surface area contributed by atoms with Crippen LogP contribution in [0.1, 0.15) is 34.3 Å². The minimum absolute atomic E-state index is 0.286. The number of hydrogen-bond donors (Lipinski definition) is 2. The van der Waals surface area contributed by atoms with Crippen LogP contribution in [0.15, 0.2) is 85.1 Å². The number of carbonyl (C=O) groups is 1. The van der Waals surface area contributed by atoms with E-state index < -0.39 is 11.7 Å². The van der Waals surface area contributed by atoms with E-state index in [0.717, 1.165) is 25.1 Å². The molecule has 1 aromatic heterocycles. The molecule has 0 saturated carbocycles. The van der Waals surface area contributed by atoms with Gasteiger partial charge in [0.15, 0.2) is 0 Å². The number of nitrogens with one attached hydrogen (secondary N) is 2. The lowest BCUT2D eigenvalue weighted by Gasteiger charge is -2.15. The van der Waals surface area contributed by atoms with Gasteiger partial charge in [-0.1, -0.05) is 24.3 Å². The van der Waals surface area contributed by atoms with Crippen molar-refractivity contribution in [2.24, 2.45) is 0 Å². The molecule has 1 saturated heterocycles. The van der Waals surface area contributed by atoms with Gasteiger partial charge in [0.25, 0.3) is 5.91 Å². The Hall–Kier alpha value is -4.37. The number of halogens is 3. The molecule has 0 bridgehead atoms. The molecule has 212 valence electrons. The van der Waals surface area contributed by atoms with Crippen molar-refractivity contribution in [3.05, 3.63) is 102 Å². The fourth-order valence-corrected chi connectivity index (χ4v) is 4.89. The number of ether oxygens (including phenoxy) is 1. The van der Waals surface area contributed by atoms with Crippen LogP contribution in [-0.4, -0.2) is 42.5 Å². The molecule has 0 spiro atoms. The first kappa shape index (κ1) is 28.2. The Balaban J connectivity index is 1.28. The molecule has 3 aromatic carbocycles.